The predicted octanol–water partition coefficient (Wildman–Crippen LogP) is 7.57. The topological polar surface area (TPSA) is 72.0 Å². The van der Waals surface area contributed by atoms with E-state index in [1.165, 1.54) is 11.1 Å². The van der Waals surface area contributed by atoms with E-state index in [0.717, 1.165) is 43.9 Å². The Labute approximate surface area is 215 Å². The highest BCUT2D eigenvalue weighted by molar-refractivity contribution is 7.92. The molecule has 5 nitrogen and oxygen atoms in total. The van der Waals surface area contributed by atoms with Gasteiger partial charge in [-0.05, 0) is 43.5 Å². The van der Waals surface area contributed by atoms with Crippen LogP contribution < -0.4 is 4.72 Å². The molecule has 0 spiro atoms. The summed E-state index contributed by atoms with van der Waals surface area (Å²) in [5.74, 6) is 0.263. The van der Waals surface area contributed by atoms with Crippen LogP contribution in [0.4, 0.5) is 5.69 Å². The number of hydrogen-bond acceptors (Lipinski definition) is 5. The van der Waals surface area contributed by atoms with Gasteiger partial charge in [0.05, 0.1) is 11.4 Å². The van der Waals surface area contributed by atoms with Crippen LogP contribution in [-0.2, 0) is 10.0 Å². The molecule has 5 aromatic rings. The molecule has 3 heterocycles. The van der Waals surface area contributed by atoms with Crippen LogP contribution >= 0.6 is 11.3 Å². The molecule has 0 radical (unpaired) electrons. The third-order valence-electron chi connectivity index (χ3n) is 6.01. The minimum atomic E-state index is -3.87. The van der Waals surface area contributed by atoms with Gasteiger partial charge in [-0.3, -0.25) is 9.71 Å². The highest BCUT2D eigenvalue weighted by atomic mass is 32.2. The maximum absolute atomic E-state index is 13.5. The van der Waals surface area contributed by atoms with E-state index in [-0.39, 0.29) is 10.8 Å². The van der Waals surface area contributed by atoms with Crippen LogP contribution in [0.3, 0.4) is 0 Å². The number of anilines is 1. The van der Waals surface area contributed by atoms with Crippen molar-refractivity contribution in [2.24, 2.45) is 0 Å². The number of rotatable bonds is 6. The maximum Gasteiger partial charge on any atom is 0.263 e. The molecular weight excluding hydrogens is 486 g/mol. The predicted molar refractivity (Wildman–Crippen MR) is 149 cm³/mol. The van der Waals surface area contributed by atoms with Gasteiger partial charge in [-0.1, -0.05) is 74.0 Å². The number of aromatic nitrogens is 2. The molecule has 0 saturated carbocycles. The Morgan fingerprint density at radius 1 is 0.889 bits per heavy atom. The molecule has 0 bridgehead atoms. The van der Waals surface area contributed by atoms with Gasteiger partial charge in [0, 0.05) is 33.3 Å². The van der Waals surface area contributed by atoms with Crippen molar-refractivity contribution in [2.75, 3.05) is 4.72 Å². The van der Waals surface area contributed by atoms with E-state index in [1.807, 2.05) is 49.4 Å². The Kier molecular flexibility index (Phi) is 6.36. The number of fused-ring (bicyclic) bond motifs is 1. The molecule has 1 N–H and O–H groups in total. The molecular formula is C29H27N3O2S2. The molecule has 0 aliphatic rings. The molecule has 0 aliphatic carbocycles. The Morgan fingerprint density at radius 3 is 2.31 bits per heavy atom. The number of hydrogen-bond donors (Lipinski definition) is 1. The first-order valence-corrected chi connectivity index (χ1v) is 14.1. The summed E-state index contributed by atoms with van der Waals surface area (Å²) in [4.78, 5) is 11.3. The van der Waals surface area contributed by atoms with Crippen LogP contribution in [0.5, 0.6) is 0 Å². The van der Waals surface area contributed by atoms with Gasteiger partial charge in [-0.25, -0.2) is 13.4 Å². The van der Waals surface area contributed by atoms with E-state index >= 15 is 0 Å². The lowest BCUT2D eigenvalue weighted by Gasteiger charge is -2.13. The van der Waals surface area contributed by atoms with E-state index in [1.54, 1.807) is 23.5 Å². The van der Waals surface area contributed by atoms with Crippen LogP contribution in [0.25, 0.3) is 32.6 Å². The van der Waals surface area contributed by atoms with Crippen molar-refractivity contribution in [3.8, 4) is 22.4 Å². The van der Waals surface area contributed by atoms with Crippen molar-refractivity contribution < 1.29 is 8.42 Å². The SMILES string of the molecule is Cc1cccc(-c2c(C(C)C)sc3nc(C)cc(NS(=O)(=O)c4ccc(-c5ccccc5)nc4)c23)c1. The Morgan fingerprint density at radius 2 is 1.64 bits per heavy atom. The lowest BCUT2D eigenvalue weighted by atomic mass is 9.96. The average molecular weight is 514 g/mol. The molecule has 7 heteroatoms. The second kappa shape index (κ2) is 9.48. The molecule has 5 rings (SSSR count). The quantitative estimate of drug-likeness (QED) is 0.254. The van der Waals surface area contributed by atoms with Crippen molar-refractivity contribution in [1.29, 1.82) is 0 Å². The molecule has 36 heavy (non-hydrogen) atoms. The standard InChI is InChI=1S/C29H27N3O2S2/c1-18(2)28-26(22-12-8-9-19(3)15-22)27-25(16-20(4)31-29(27)35-28)32-36(33,34)23-13-14-24(30-17-23)21-10-6-5-7-11-21/h5-18H,1-4H3,(H,31,32). The first kappa shape index (κ1) is 24.2. The fraction of sp³-hybridized carbons (Fsp3) is 0.172. The number of sulfonamides is 1. The lowest BCUT2D eigenvalue weighted by molar-refractivity contribution is 0.601. The molecule has 2 aromatic carbocycles. The van der Waals surface area contributed by atoms with Crippen molar-refractivity contribution in [3.05, 3.63) is 95.1 Å². The number of thiophene rings is 1. The molecule has 0 fully saturated rings. The molecule has 3 aromatic heterocycles. The van der Waals surface area contributed by atoms with Gasteiger partial charge in [0.15, 0.2) is 0 Å². The minimum Gasteiger partial charge on any atom is -0.279 e. The van der Waals surface area contributed by atoms with Gasteiger partial charge in [0.2, 0.25) is 0 Å². The van der Waals surface area contributed by atoms with Crippen LogP contribution in [0.2, 0.25) is 0 Å². The molecule has 0 unspecified atom stereocenters. The summed E-state index contributed by atoms with van der Waals surface area (Å²) in [6.07, 6.45) is 1.41. The first-order valence-electron chi connectivity index (χ1n) is 11.8. The van der Waals surface area contributed by atoms with E-state index in [0.29, 0.717) is 5.69 Å². The van der Waals surface area contributed by atoms with Crippen LogP contribution in [0.15, 0.2) is 83.9 Å². The van der Waals surface area contributed by atoms with Gasteiger partial charge in [0.1, 0.15) is 9.73 Å². The summed E-state index contributed by atoms with van der Waals surface area (Å²) < 4.78 is 29.8. The zero-order valence-electron chi connectivity index (χ0n) is 20.6. The highest BCUT2D eigenvalue weighted by Crippen LogP contribution is 2.45. The van der Waals surface area contributed by atoms with Gasteiger partial charge in [0.25, 0.3) is 10.0 Å². The van der Waals surface area contributed by atoms with Crippen LogP contribution in [-0.4, -0.2) is 18.4 Å². The molecule has 0 saturated heterocycles. The van der Waals surface area contributed by atoms with Crippen molar-refractivity contribution in [1.82, 2.24) is 9.97 Å². The lowest BCUT2D eigenvalue weighted by Crippen LogP contribution is -2.14. The summed E-state index contributed by atoms with van der Waals surface area (Å²) in [6.45, 7) is 8.25. The first-order chi connectivity index (χ1) is 17.2. The number of benzene rings is 2. The fourth-order valence-electron chi connectivity index (χ4n) is 4.34. The Bertz CT molecular complexity index is 1660. The summed E-state index contributed by atoms with van der Waals surface area (Å²) in [7, 11) is -3.87. The molecule has 0 atom stereocenters. The second-order valence-corrected chi connectivity index (χ2v) is 11.9. The van der Waals surface area contributed by atoms with E-state index < -0.39 is 10.0 Å². The number of pyridine rings is 2. The molecule has 0 aliphatic heterocycles. The van der Waals surface area contributed by atoms with E-state index in [9.17, 15) is 8.42 Å². The Hall–Kier alpha value is -3.55. The molecule has 182 valence electrons. The zero-order valence-corrected chi connectivity index (χ0v) is 22.2. The summed E-state index contributed by atoms with van der Waals surface area (Å²) >= 11 is 1.62. The molecule has 0 amide bonds. The third kappa shape index (κ3) is 4.64. The van der Waals surface area contributed by atoms with Crippen LogP contribution in [0, 0.1) is 13.8 Å². The fourth-order valence-corrected chi connectivity index (χ4v) is 6.61. The van der Waals surface area contributed by atoms with Gasteiger partial charge in [-0.2, -0.15) is 0 Å². The van der Waals surface area contributed by atoms with Crippen LogP contribution in [0.1, 0.15) is 35.9 Å². The van der Waals surface area contributed by atoms with Crippen molar-refractivity contribution in [3.63, 3.8) is 0 Å². The number of nitrogens with zero attached hydrogens (tertiary/aromatic N) is 2. The van der Waals surface area contributed by atoms with Crippen molar-refractivity contribution >= 4 is 37.3 Å². The minimum absolute atomic E-state index is 0.112. The largest absolute Gasteiger partial charge is 0.279 e. The maximum atomic E-state index is 13.5. The normalized spacial score (nSPS) is 11.8. The monoisotopic (exact) mass is 513 g/mol. The van der Waals surface area contributed by atoms with E-state index in [2.05, 4.69) is 48.7 Å². The van der Waals surface area contributed by atoms with E-state index in [4.69, 9.17) is 4.98 Å². The summed E-state index contributed by atoms with van der Waals surface area (Å²) in [5.41, 5.74) is 6.19. The average Bonchev–Trinajstić information content (AvgIpc) is 3.24. The van der Waals surface area contributed by atoms with Gasteiger partial charge in [-0.15, -0.1) is 11.3 Å². The van der Waals surface area contributed by atoms with Crippen molar-refractivity contribution in [2.45, 2.75) is 38.5 Å². The summed E-state index contributed by atoms with van der Waals surface area (Å²) in [5, 5.41) is 0.831. The zero-order chi connectivity index (χ0) is 25.4. The number of nitrogens with one attached hydrogen (secondary N) is 1. The Balaban J connectivity index is 1.62. The van der Waals surface area contributed by atoms with Gasteiger partial charge >= 0.3 is 0 Å². The van der Waals surface area contributed by atoms with Gasteiger partial charge < -0.3 is 0 Å². The smallest absolute Gasteiger partial charge is 0.263 e. The highest BCUT2D eigenvalue weighted by Gasteiger charge is 2.24. The summed E-state index contributed by atoms with van der Waals surface area (Å²) in [6, 6.07) is 23.1. The number of aryl methyl sites for hydroxylation is 2. The second-order valence-electron chi connectivity index (χ2n) is 9.21. The third-order valence-corrected chi connectivity index (χ3v) is 8.74.